The van der Waals surface area contributed by atoms with Crippen molar-refractivity contribution in [1.29, 1.82) is 0 Å². The number of carbonyl (C=O) groups excluding carboxylic acids is 1. The van der Waals surface area contributed by atoms with E-state index in [1.54, 1.807) is 0 Å². The summed E-state index contributed by atoms with van der Waals surface area (Å²) >= 11 is 0. The molecule has 6 aromatic carbocycles. The molecule has 2 saturated heterocycles. The molecule has 0 unspecified atom stereocenters. The van der Waals surface area contributed by atoms with Crippen molar-refractivity contribution in [2.75, 3.05) is 13.2 Å². The van der Waals surface area contributed by atoms with Crippen LogP contribution >= 0.6 is 0 Å². The van der Waals surface area contributed by atoms with Crippen LogP contribution in [0.2, 0.25) is 0 Å². The Hall–Kier alpha value is -5.61. The summed E-state index contributed by atoms with van der Waals surface area (Å²) in [6.45, 7) is 2.86. The fraction of sp³-hybridized carbons (Fsp3) is 0.339. The van der Waals surface area contributed by atoms with E-state index in [-0.39, 0.29) is 52.2 Å². The van der Waals surface area contributed by atoms with Gasteiger partial charge in [0.15, 0.2) is 12.6 Å². The van der Waals surface area contributed by atoms with Crippen molar-refractivity contribution in [2.45, 2.75) is 108 Å². The quantitative estimate of drug-likeness (QED) is 0.0647. The molecular weight excluding hydrogens is 863 g/mol. The second kappa shape index (κ2) is 25.7. The van der Waals surface area contributed by atoms with Crippen molar-refractivity contribution in [2.24, 2.45) is 0 Å². The minimum Gasteiger partial charge on any atom is -0.374 e. The molecule has 68 heavy (non-hydrogen) atoms. The molecule has 0 radical (unpaired) electrons. The fourth-order valence-corrected chi connectivity index (χ4v) is 8.45. The van der Waals surface area contributed by atoms with Crippen LogP contribution in [0.4, 0.5) is 0 Å². The first-order valence-electron chi connectivity index (χ1n) is 23.2. The third-order valence-electron chi connectivity index (χ3n) is 11.9. The van der Waals surface area contributed by atoms with Crippen LogP contribution in [0.25, 0.3) is 0 Å². The van der Waals surface area contributed by atoms with Crippen LogP contribution in [0, 0.1) is 0 Å². The zero-order valence-corrected chi connectivity index (χ0v) is 38.3. The molecule has 0 saturated carbocycles. The second-order valence-corrected chi connectivity index (χ2v) is 17.0. The van der Waals surface area contributed by atoms with Gasteiger partial charge in [-0.2, -0.15) is 0 Å². The SMILES string of the molecule is CC(=O)N[C@@H]1[C@@H](OCc2ccccc2)[C@H](OCc2ccccc2)[C@@H](CO[C@@H]2O[C@H](COCc3ccccc3)[C@@H](OCc3ccccc3)[C@H](OCc3ccccc3)[C@H]2OCc2ccccc2)O[C@@H]1O. The van der Waals surface area contributed by atoms with Gasteiger partial charge >= 0.3 is 0 Å². The van der Waals surface area contributed by atoms with Crippen molar-refractivity contribution in [3.05, 3.63) is 215 Å². The van der Waals surface area contributed by atoms with E-state index in [4.69, 9.17) is 42.6 Å². The zero-order valence-electron chi connectivity index (χ0n) is 38.3. The Balaban J connectivity index is 1.12. The summed E-state index contributed by atoms with van der Waals surface area (Å²) in [7, 11) is 0. The predicted molar refractivity (Wildman–Crippen MR) is 254 cm³/mol. The highest BCUT2D eigenvalue weighted by atomic mass is 16.7. The summed E-state index contributed by atoms with van der Waals surface area (Å²) in [6, 6.07) is 58.2. The van der Waals surface area contributed by atoms with Crippen LogP contribution in [0.15, 0.2) is 182 Å². The number of nitrogens with one attached hydrogen (secondary N) is 1. The normalized spacial score (nSPS) is 24.9. The molecule has 0 aliphatic carbocycles. The third kappa shape index (κ3) is 14.2. The molecule has 356 valence electrons. The van der Waals surface area contributed by atoms with Crippen LogP contribution in [-0.2, 0) is 87.1 Å². The first-order valence-corrected chi connectivity index (χ1v) is 23.2. The Morgan fingerprint density at radius 3 is 1.18 bits per heavy atom. The van der Waals surface area contributed by atoms with Gasteiger partial charge in [0, 0.05) is 6.92 Å². The molecule has 2 N–H and O–H groups in total. The van der Waals surface area contributed by atoms with Crippen molar-refractivity contribution >= 4 is 5.91 Å². The zero-order chi connectivity index (χ0) is 46.8. The summed E-state index contributed by atoms with van der Waals surface area (Å²) < 4.78 is 60.5. The molecule has 1 amide bonds. The lowest BCUT2D eigenvalue weighted by atomic mass is 9.95. The van der Waals surface area contributed by atoms with Crippen LogP contribution in [0.5, 0.6) is 0 Å². The first-order chi connectivity index (χ1) is 33.5. The molecule has 2 fully saturated rings. The topological polar surface area (TPSA) is 132 Å². The number of aliphatic hydroxyl groups is 1. The number of carbonyl (C=O) groups is 1. The number of ether oxygens (including phenoxy) is 9. The van der Waals surface area contributed by atoms with Gasteiger partial charge in [0.05, 0.1) is 52.9 Å². The monoisotopic (exact) mass is 923 g/mol. The van der Waals surface area contributed by atoms with Gasteiger partial charge in [-0.1, -0.05) is 182 Å². The van der Waals surface area contributed by atoms with E-state index in [2.05, 4.69) is 5.32 Å². The number of benzene rings is 6. The van der Waals surface area contributed by atoms with E-state index in [0.717, 1.165) is 33.4 Å². The molecule has 0 bridgehead atoms. The molecular formula is C56H61NO11. The summed E-state index contributed by atoms with van der Waals surface area (Å²) in [6.07, 6.45) is -8.12. The maximum Gasteiger partial charge on any atom is 0.217 e. The molecule has 12 nitrogen and oxygen atoms in total. The molecule has 0 spiro atoms. The molecule has 8 rings (SSSR count). The van der Waals surface area contributed by atoms with E-state index in [0.29, 0.717) is 6.61 Å². The van der Waals surface area contributed by atoms with Crippen molar-refractivity contribution in [1.82, 2.24) is 5.32 Å². The Bertz CT molecular complexity index is 2330. The largest absolute Gasteiger partial charge is 0.374 e. The Kier molecular flexibility index (Phi) is 18.4. The second-order valence-electron chi connectivity index (χ2n) is 17.0. The predicted octanol–water partition coefficient (Wildman–Crippen LogP) is 8.09. The molecule has 12 heteroatoms. The fourth-order valence-electron chi connectivity index (χ4n) is 8.45. The number of hydrogen-bond donors (Lipinski definition) is 2. The van der Waals surface area contributed by atoms with Gasteiger partial charge in [0.25, 0.3) is 0 Å². The number of amides is 1. The first kappa shape index (κ1) is 48.8. The molecule has 10 atom stereocenters. The summed E-state index contributed by atoms with van der Waals surface area (Å²) in [5.41, 5.74) is 5.72. The van der Waals surface area contributed by atoms with E-state index < -0.39 is 61.3 Å². The lowest BCUT2D eigenvalue weighted by molar-refractivity contribution is -0.341. The Morgan fingerprint density at radius 1 is 0.426 bits per heavy atom. The molecule has 6 aromatic rings. The minimum atomic E-state index is -1.47. The van der Waals surface area contributed by atoms with E-state index >= 15 is 0 Å². The van der Waals surface area contributed by atoms with Gasteiger partial charge in [-0.3, -0.25) is 4.79 Å². The summed E-state index contributed by atoms with van der Waals surface area (Å²) in [5.74, 6) is -0.359. The summed E-state index contributed by atoms with van der Waals surface area (Å²) in [4.78, 5) is 12.6. The average molecular weight is 924 g/mol. The highest BCUT2D eigenvalue weighted by Gasteiger charge is 2.51. The summed E-state index contributed by atoms with van der Waals surface area (Å²) in [5, 5.41) is 14.5. The van der Waals surface area contributed by atoms with Crippen molar-refractivity contribution in [3.63, 3.8) is 0 Å². The standard InChI is InChI=1S/C56H61NO11/c1-40(58)57-49-52(63-35-44-26-14-5-15-27-44)50(61-33-42-22-10-3-11-23-42)48(67-55(49)59)39-66-56-54(65-37-46-30-18-7-19-31-46)53(64-36-45-28-16-6-17-29-45)51(62-34-43-24-12-4-13-25-43)47(68-56)38-60-32-41-20-8-2-9-21-41/h2-31,47-56,59H,32-39H2,1H3,(H,57,58)/t47-,48-,49-,50-,51-,52-,53+,54-,55+,56-/m1/s1. The molecule has 2 aliphatic rings. The van der Waals surface area contributed by atoms with Gasteiger partial charge in [0.1, 0.15) is 48.8 Å². The lowest BCUT2D eigenvalue weighted by Gasteiger charge is -2.47. The highest BCUT2D eigenvalue weighted by molar-refractivity contribution is 5.73. The van der Waals surface area contributed by atoms with E-state index in [1.165, 1.54) is 6.92 Å². The van der Waals surface area contributed by atoms with Crippen LogP contribution in [0.3, 0.4) is 0 Å². The van der Waals surface area contributed by atoms with Crippen LogP contribution in [-0.4, -0.2) is 85.6 Å². The Labute approximate surface area is 399 Å². The van der Waals surface area contributed by atoms with Gasteiger partial charge in [-0.15, -0.1) is 0 Å². The molecule has 2 heterocycles. The number of hydrogen-bond acceptors (Lipinski definition) is 11. The lowest BCUT2D eigenvalue weighted by Crippen LogP contribution is -2.66. The number of aliphatic hydroxyl groups excluding tert-OH is 1. The van der Waals surface area contributed by atoms with Crippen LogP contribution in [0.1, 0.15) is 40.3 Å². The molecule has 0 aromatic heterocycles. The Morgan fingerprint density at radius 2 is 0.765 bits per heavy atom. The van der Waals surface area contributed by atoms with E-state index in [1.807, 2.05) is 182 Å². The van der Waals surface area contributed by atoms with Crippen molar-refractivity contribution in [3.8, 4) is 0 Å². The van der Waals surface area contributed by atoms with E-state index in [9.17, 15) is 9.90 Å². The van der Waals surface area contributed by atoms with Gasteiger partial charge < -0.3 is 53.1 Å². The number of rotatable bonds is 23. The maximum atomic E-state index is 12.6. The average Bonchev–Trinajstić information content (AvgIpc) is 3.38. The minimum absolute atomic E-state index is 0.136. The van der Waals surface area contributed by atoms with Gasteiger partial charge in [-0.05, 0) is 33.4 Å². The highest BCUT2D eigenvalue weighted by Crippen LogP contribution is 2.34. The maximum absolute atomic E-state index is 12.6. The van der Waals surface area contributed by atoms with Crippen molar-refractivity contribution < 1.29 is 52.5 Å². The third-order valence-corrected chi connectivity index (χ3v) is 11.9. The van der Waals surface area contributed by atoms with Gasteiger partial charge in [0.2, 0.25) is 5.91 Å². The van der Waals surface area contributed by atoms with Crippen LogP contribution < -0.4 is 5.32 Å². The molecule has 2 aliphatic heterocycles. The smallest absolute Gasteiger partial charge is 0.217 e. The van der Waals surface area contributed by atoms with Gasteiger partial charge in [-0.25, -0.2) is 0 Å².